The van der Waals surface area contributed by atoms with Gasteiger partial charge in [0.15, 0.2) is 0 Å². The SMILES string of the molecule is C[C@H](Cc1cccs1)C(=O)N(CC(=O)O)C1CCN(S(C)(=O)=O)CC1. The number of carbonyl (C=O) groups is 2. The zero-order chi connectivity index (χ0) is 18.6. The summed E-state index contributed by atoms with van der Waals surface area (Å²) in [5.74, 6) is -1.55. The molecular weight excluding hydrogens is 364 g/mol. The van der Waals surface area contributed by atoms with Crippen LogP contribution in [-0.4, -0.2) is 66.5 Å². The van der Waals surface area contributed by atoms with Crippen LogP contribution in [0.5, 0.6) is 0 Å². The van der Waals surface area contributed by atoms with Crippen molar-refractivity contribution in [3.63, 3.8) is 0 Å². The first kappa shape index (κ1) is 19.9. The van der Waals surface area contributed by atoms with Crippen molar-refractivity contribution in [2.24, 2.45) is 5.92 Å². The Labute approximate surface area is 152 Å². The van der Waals surface area contributed by atoms with E-state index in [9.17, 15) is 23.1 Å². The second kappa shape index (κ2) is 8.29. The van der Waals surface area contributed by atoms with E-state index >= 15 is 0 Å². The number of hydrogen-bond acceptors (Lipinski definition) is 5. The van der Waals surface area contributed by atoms with E-state index in [1.807, 2.05) is 24.4 Å². The van der Waals surface area contributed by atoms with Crippen molar-refractivity contribution >= 4 is 33.2 Å². The quantitative estimate of drug-likeness (QED) is 0.759. The van der Waals surface area contributed by atoms with Gasteiger partial charge in [-0.2, -0.15) is 0 Å². The Hall–Kier alpha value is -1.45. The number of piperidine rings is 1. The summed E-state index contributed by atoms with van der Waals surface area (Å²) in [6.45, 7) is 2.08. The van der Waals surface area contributed by atoms with E-state index < -0.39 is 16.0 Å². The van der Waals surface area contributed by atoms with Crippen LogP contribution in [0.4, 0.5) is 0 Å². The van der Waals surface area contributed by atoms with Crippen LogP contribution in [0, 0.1) is 5.92 Å². The third-order valence-corrected chi connectivity index (χ3v) is 6.63. The van der Waals surface area contributed by atoms with Crippen molar-refractivity contribution in [1.82, 2.24) is 9.21 Å². The molecule has 2 rings (SSSR count). The van der Waals surface area contributed by atoms with Crippen molar-refractivity contribution in [2.45, 2.75) is 32.2 Å². The smallest absolute Gasteiger partial charge is 0.323 e. The minimum atomic E-state index is -3.25. The molecule has 1 N–H and O–H groups in total. The zero-order valence-corrected chi connectivity index (χ0v) is 16.1. The topological polar surface area (TPSA) is 95.0 Å². The molecule has 9 heteroatoms. The van der Waals surface area contributed by atoms with Gasteiger partial charge in [0.05, 0.1) is 6.26 Å². The number of aliphatic carboxylic acids is 1. The van der Waals surface area contributed by atoms with Gasteiger partial charge in [0.25, 0.3) is 0 Å². The molecule has 1 aliphatic rings. The molecule has 1 aromatic rings. The fourth-order valence-electron chi connectivity index (χ4n) is 3.12. The maximum atomic E-state index is 12.8. The molecule has 25 heavy (non-hydrogen) atoms. The van der Waals surface area contributed by atoms with Crippen molar-refractivity contribution in [3.8, 4) is 0 Å². The third-order valence-electron chi connectivity index (χ3n) is 4.43. The van der Waals surface area contributed by atoms with E-state index in [0.717, 1.165) is 11.1 Å². The number of carbonyl (C=O) groups excluding carboxylic acids is 1. The number of carboxylic acids is 1. The predicted molar refractivity (Wildman–Crippen MR) is 96.0 cm³/mol. The lowest BCUT2D eigenvalue weighted by Crippen LogP contribution is -2.51. The molecule has 0 unspecified atom stereocenters. The first-order valence-electron chi connectivity index (χ1n) is 8.18. The molecular formula is C16H24N2O5S2. The summed E-state index contributed by atoms with van der Waals surface area (Å²) in [7, 11) is -3.25. The molecule has 2 heterocycles. The van der Waals surface area contributed by atoms with E-state index in [2.05, 4.69) is 0 Å². The largest absolute Gasteiger partial charge is 0.480 e. The van der Waals surface area contributed by atoms with E-state index in [1.165, 1.54) is 9.21 Å². The van der Waals surface area contributed by atoms with E-state index in [4.69, 9.17) is 0 Å². The van der Waals surface area contributed by atoms with Crippen molar-refractivity contribution in [3.05, 3.63) is 22.4 Å². The minimum Gasteiger partial charge on any atom is -0.480 e. The highest BCUT2D eigenvalue weighted by Gasteiger charge is 2.33. The highest BCUT2D eigenvalue weighted by atomic mass is 32.2. The van der Waals surface area contributed by atoms with Gasteiger partial charge in [-0.3, -0.25) is 9.59 Å². The maximum absolute atomic E-state index is 12.8. The number of sulfonamides is 1. The molecule has 1 amide bonds. The molecule has 0 radical (unpaired) electrons. The van der Waals surface area contributed by atoms with Crippen molar-refractivity contribution in [1.29, 1.82) is 0 Å². The molecule has 7 nitrogen and oxygen atoms in total. The van der Waals surface area contributed by atoms with E-state index in [-0.39, 0.29) is 24.4 Å². The highest BCUT2D eigenvalue weighted by Crippen LogP contribution is 2.22. The average molecular weight is 389 g/mol. The predicted octanol–water partition coefficient (Wildman–Crippen LogP) is 1.26. The van der Waals surface area contributed by atoms with Gasteiger partial charge in [-0.15, -0.1) is 11.3 Å². The van der Waals surface area contributed by atoms with Gasteiger partial charge < -0.3 is 10.0 Å². The fraction of sp³-hybridized carbons (Fsp3) is 0.625. The summed E-state index contributed by atoms with van der Waals surface area (Å²) in [6, 6.07) is 3.64. The molecule has 0 saturated carbocycles. The average Bonchev–Trinajstić information content (AvgIpc) is 3.04. The van der Waals surface area contributed by atoms with Crippen LogP contribution < -0.4 is 0 Å². The maximum Gasteiger partial charge on any atom is 0.323 e. The van der Waals surface area contributed by atoms with Gasteiger partial charge in [0, 0.05) is 29.9 Å². The molecule has 0 spiro atoms. The van der Waals surface area contributed by atoms with Crippen LogP contribution in [-0.2, 0) is 26.0 Å². The fourth-order valence-corrected chi connectivity index (χ4v) is 4.83. The standard InChI is InChI=1S/C16H24N2O5S2/c1-12(10-14-4-3-9-24-14)16(21)18(11-15(19)20)13-5-7-17(8-6-13)25(2,22)23/h3-4,9,12-13H,5-8,10-11H2,1-2H3,(H,19,20)/t12-/m1/s1. The Bertz CT molecular complexity index is 694. The van der Waals surface area contributed by atoms with Crippen LogP contribution in [0.3, 0.4) is 0 Å². The van der Waals surface area contributed by atoms with Gasteiger partial charge in [-0.1, -0.05) is 13.0 Å². The first-order valence-corrected chi connectivity index (χ1v) is 10.9. The second-order valence-corrected chi connectivity index (χ2v) is 9.45. The van der Waals surface area contributed by atoms with Gasteiger partial charge >= 0.3 is 5.97 Å². The molecule has 1 aliphatic heterocycles. The van der Waals surface area contributed by atoms with Crippen LogP contribution in [0.25, 0.3) is 0 Å². The number of carboxylic acid groups (broad SMARTS) is 1. The molecule has 0 aliphatic carbocycles. The number of rotatable bonds is 7. The van der Waals surface area contributed by atoms with Gasteiger partial charge in [-0.05, 0) is 30.7 Å². The van der Waals surface area contributed by atoms with Crippen LogP contribution in [0.15, 0.2) is 17.5 Å². The van der Waals surface area contributed by atoms with Crippen molar-refractivity contribution < 1.29 is 23.1 Å². The van der Waals surface area contributed by atoms with Crippen LogP contribution in [0.2, 0.25) is 0 Å². The van der Waals surface area contributed by atoms with Gasteiger partial charge in [0.1, 0.15) is 6.54 Å². The Kier molecular flexibility index (Phi) is 6.59. The summed E-state index contributed by atoms with van der Waals surface area (Å²) in [5.41, 5.74) is 0. The number of hydrogen-bond donors (Lipinski definition) is 1. The second-order valence-electron chi connectivity index (χ2n) is 6.44. The van der Waals surface area contributed by atoms with Crippen LogP contribution in [0.1, 0.15) is 24.6 Å². The Morgan fingerprint density at radius 2 is 2.04 bits per heavy atom. The minimum absolute atomic E-state index is 0.186. The molecule has 1 fully saturated rings. The first-order chi connectivity index (χ1) is 11.7. The Morgan fingerprint density at radius 1 is 1.40 bits per heavy atom. The summed E-state index contributed by atoms with van der Waals surface area (Å²) in [6.07, 6.45) is 2.65. The lowest BCUT2D eigenvalue weighted by Gasteiger charge is -2.38. The van der Waals surface area contributed by atoms with E-state index in [0.29, 0.717) is 32.4 Å². The molecule has 0 bridgehead atoms. The van der Waals surface area contributed by atoms with Gasteiger partial charge in [0.2, 0.25) is 15.9 Å². The van der Waals surface area contributed by atoms with Crippen molar-refractivity contribution in [2.75, 3.05) is 25.9 Å². The number of thiophene rings is 1. The summed E-state index contributed by atoms with van der Waals surface area (Å²) >= 11 is 1.57. The van der Waals surface area contributed by atoms with Crippen LogP contribution >= 0.6 is 11.3 Å². The normalized spacial score (nSPS) is 18.0. The summed E-state index contributed by atoms with van der Waals surface area (Å²) in [5, 5.41) is 11.1. The monoisotopic (exact) mass is 388 g/mol. The van der Waals surface area contributed by atoms with Gasteiger partial charge in [-0.25, -0.2) is 12.7 Å². The Balaban J connectivity index is 2.05. The lowest BCUT2D eigenvalue weighted by atomic mass is 10.00. The molecule has 1 saturated heterocycles. The lowest BCUT2D eigenvalue weighted by molar-refractivity contribution is -0.148. The number of amides is 1. The zero-order valence-electron chi connectivity index (χ0n) is 14.4. The summed E-state index contributed by atoms with van der Waals surface area (Å²) < 4.78 is 24.6. The highest BCUT2D eigenvalue weighted by molar-refractivity contribution is 7.88. The number of nitrogens with zero attached hydrogens (tertiary/aromatic N) is 2. The van der Waals surface area contributed by atoms with E-state index in [1.54, 1.807) is 11.3 Å². The molecule has 0 aromatic carbocycles. The Morgan fingerprint density at radius 3 is 2.52 bits per heavy atom. The molecule has 1 atom stereocenters. The summed E-state index contributed by atoms with van der Waals surface area (Å²) in [4.78, 5) is 26.5. The molecule has 1 aromatic heterocycles. The third kappa shape index (κ3) is 5.52. The molecule has 140 valence electrons.